The lowest BCUT2D eigenvalue weighted by atomic mass is 9.64. The molecule has 2 unspecified atom stereocenters. The summed E-state index contributed by atoms with van der Waals surface area (Å²) >= 11 is 0. The number of benzene rings is 1. The van der Waals surface area contributed by atoms with E-state index < -0.39 is 0 Å². The lowest BCUT2D eigenvalue weighted by Gasteiger charge is -2.25. The highest BCUT2D eigenvalue weighted by Crippen LogP contribution is 2.39. The molecule has 0 saturated carbocycles. The second kappa shape index (κ2) is 8.74. The van der Waals surface area contributed by atoms with Crippen molar-refractivity contribution in [2.24, 2.45) is 0 Å². The third-order valence-electron chi connectivity index (χ3n) is 7.57. The van der Waals surface area contributed by atoms with Gasteiger partial charge in [0.15, 0.2) is 0 Å². The Hall–Kier alpha value is -1.44. The molecule has 2 aliphatic carbocycles. The highest BCUT2D eigenvalue weighted by molar-refractivity contribution is 6.54. The van der Waals surface area contributed by atoms with Crippen molar-refractivity contribution < 1.29 is 0 Å². The molecule has 0 radical (unpaired) electrons. The molecule has 0 aliphatic heterocycles. The molecule has 0 bridgehead atoms. The summed E-state index contributed by atoms with van der Waals surface area (Å²) in [4.78, 5) is 0. The van der Waals surface area contributed by atoms with E-state index in [0.29, 0.717) is 5.31 Å². The first-order chi connectivity index (χ1) is 13.9. The monoisotopic (exact) mass is 384 g/mol. The van der Waals surface area contributed by atoms with Crippen LogP contribution in [0.25, 0.3) is 0 Å². The van der Waals surface area contributed by atoms with Crippen LogP contribution in [0, 0.1) is 0 Å². The van der Waals surface area contributed by atoms with Crippen molar-refractivity contribution in [3.63, 3.8) is 0 Å². The van der Waals surface area contributed by atoms with E-state index in [1.165, 1.54) is 69.9 Å². The van der Waals surface area contributed by atoms with Crippen LogP contribution in [0.5, 0.6) is 0 Å². The molecule has 1 aromatic heterocycles. The zero-order valence-corrected chi connectivity index (χ0v) is 19.1. The van der Waals surface area contributed by atoms with E-state index in [4.69, 9.17) is 0 Å². The van der Waals surface area contributed by atoms with Gasteiger partial charge in [-0.15, -0.1) is 0 Å². The Balaban J connectivity index is 1.71. The second-order valence-electron chi connectivity index (χ2n) is 10.5. The first-order valence-corrected chi connectivity index (χ1v) is 11.9. The van der Waals surface area contributed by atoms with E-state index in [0.717, 1.165) is 13.4 Å². The van der Waals surface area contributed by atoms with Gasteiger partial charge in [0.2, 0.25) is 7.98 Å². The van der Waals surface area contributed by atoms with Gasteiger partial charge < -0.3 is 9.20 Å². The SMILES string of the molecule is BC1CCc2c3c(n(BN(B)c4ccccc4)c2CC1)CCCC(B)(C)CCC3. The van der Waals surface area contributed by atoms with Gasteiger partial charge in [-0.3, -0.25) is 0 Å². The molecule has 2 aromatic rings. The fraction of sp³-hybridized carbons (Fsp3) is 0.565. The maximum Gasteiger partial charge on any atom is 0.347 e. The normalized spacial score (nSPS) is 24.9. The summed E-state index contributed by atoms with van der Waals surface area (Å²) in [6, 6.07) is 10.9. The van der Waals surface area contributed by atoms with Gasteiger partial charge in [0, 0.05) is 17.1 Å². The van der Waals surface area contributed by atoms with E-state index in [-0.39, 0.29) is 0 Å². The lowest BCUT2D eigenvalue weighted by molar-refractivity contribution is 0.488. The molecule has 0 N–H and O–H groups in total. The molecule has 4 rings (SSSR count). The number of hydrogen-bond acceptors (Lipinski definition) is 1. The van der Waals surface area contributed by atoms with E-state index in [1.54, 1.807) is 22.5 Å². The molecular formula is C23H36B4N2. The fourth-order valence-corrected chi connectivity index (χ4v) is 5.67. The second-order valence-corrected chi connectivity index (χ2v) is 10.5. The summed E-state index contributed by atoms with van der Waals surface area (Å²) in [6.07, 6.45) is 13.2. The van der Waals surface area contributed by atoms with E-state index in [1.807, 2.05) is 0 Å². The zero-order valence-electron chi connectivity index (χ0n) is 19.1. The molecule has 6 heteroatoms. The zero-order chi connectivity index (χ0) is 20.4. The van der Waals surface area contributed by atoms with Gasteiger partial charge in [0.1, 0.15) is 15.7 Å². The van der Waals surface area contributed by atoms with Crippen molar-refractivity contribution in [2.45, 2.75) is 82.3 Å². The number of fused-ring (bicyclic) bond motifs is 3. The van der Waals surface area contributed by atoms with E-state index in [9.17, 15) is 0 Å². The van der Waals surface area contributed by atoms with Gasteiger partial charge in [0.05, 0.1) is 0 Å². The predicted molar refractivity (Wildman–Crippen MR) is 136 cm³/mol. The summed E-state index contributed by atoms with van der Waals surface area (Å²) in [5.74, 6) is 0.855. The Morgan fingerprint density at radius 1 is 0.966 bits per heavy atom. The molecule has 1 heterocycles. The quantitative estimate of drug-likeness (QED) is 0.584. The van der Waals surface area contributed by atoms with Crippen LogP contribution in [0.15, 0.2) is 30.3 Å². The number of rotatable bonds is 3. The van der Waals surface area contributed by atoms with Gasteiger partial charge in [-0.05, 0) is 61.8 Å². The van der Waals surface area contributed by atoms with Crippen LogP contribution in [0.4, 0.5) is 5.69 Å². The number of hydrogen-bond donors (Lipinski definition) is 0. The molecule has 0 saturated heterocycles. The standard InChI is InChI=1S/C23H36B4N2/c1-23(25)15-5-9-19-20-13-11-17(24)12-14-22(20)28(21(19)10-6-16-23)27-29(26)18-7-3-2-4-8-18/h2-4,7-8,17,27H,5-6,9-16,24-26H2,1H3. The molecule has 0 fully saturated rings. The number of aromatic nitrogens is 1. The minimum atomic E-state index is 0.501. The van der Waals surface area contributed by atoms with Gasteiger partial charge >= 0.3 is 7.55 Å². The summed E-state index contributed by atoms with van der Waals surface area (Å²) in [5.41, 5.74) is 8.14. The van der Waals surface area contributed by atoms with Crippen molar-refractivity contribution in [1.82, 2.24) is 4.48 Å². The summed E-state index contributed by atoms with van der Waals surface area (Å²) < 4.78 is 5.18. The topological polar surface area (TPSA) is 8.17 Å². The first kappa shape index (κ1) is 20.8. The minimum absolute atomic E-state index is 0.501. The van der Waals surface area contributed by atoms with Crippen molar-refractivity contribution in [1.29, 1.82) is 0 Å². The van der Waals surface area contributed by atoms with Crippen molar-refractivity contribution in [3.8, 4) is 0 Å². The molecule has 0 amide bonds. The Labute approximate surface area is 181 Å². The van der Waals surface area contributed by atoms with Crippen LogP contribution in [0.1, 0.15) is 68.0 Å². The van der Waals surface area contributed by atoms with Crippen LogP contribution in [0.3, 0.4) is 0 Å². The smallest absolute Gasteiger partial charge is 0.347 e. The Morgan fingerprint density at radius 2 is 1.59 bits per heavy atom. The van der Waals surface area contributed by atoms with Crippen LogP contribution < -0.4 is 4.72 Å². The largest absolute Gasteiger partial charge is 0.451 e. The maximum atomic E-state index is 2.74. The Bertz CT molecular complexity index is 831. The molecule has 29 heavy (non-hydrogen) atoms. The molecule has 0 spiro atoms. The Morgan fingerprint density at radius 3 is 2.34 bits per heavy atom. The average molecular weight is 384 g/mol. The molecule has 2 nitrogen and oxygen atoms in total. The van der Waals surface area contributed by atoms with Crippen molar-refractivity contribution in [3.05, 3.63) is 52.8 Å². The summed E-state index contributed by atoms with van der Waals surface area (Å²) in [7, 11) is 8.16. The highest BCUT2D eigenvalue weighted by atomic mass is 15.1. The van der Waals surface area contributed by atoms with Gasteiger partial charge in [-0.1, -0.05) is 61.9 Å². The van der Waals surface area contributed by atoms with Gasteiger partial charge in [-0.25, -0.2) is 0 Å². The predicted octanol–water partition coefficient (Wildman–Crippen LogP) is 2.43. The van der Waals surface area contributed by atoms with Crippen LogP contribution in [-0.4, -0.2) is 35.7 Å². The Kier molecular flexibility index (Phi) is 6.27. The summed E-state index contributed by atoms with van der Waals surface area (Å²) in [5, 5.41) is 0.501. The van der Waals surface area contributed by atoms with Crippen molar-refractivity contribution in [2.75, 3.05) is 4.72 Å². The van der Waals surface area contributed by atoms with Crippen LogP contribution in [-0.2, 0) is 25.7 Å². The number of anilines is 1. The number of nitrogens with zero attached hydrogens (tertiary/aromatic N) is 2. The summed E-state index contributed by atoms with van der Waals surface area (Å²) in [6.45, 7) is 2.47. The average Bonchev–Trinajstić information content (AvgIpc) is 2.86. The van der Waals surface area contributed by atoms with Crippen LogP contribution >= 0.6 is 0 Å². The van der Waals surface area contributed by atoms with Gasteiger partial charge in [0.25, 0.3) is 0 Å². The fourth-order valence-electron chi connectivity index (χ4n) is 5.67. The molecular weight excluding hydrogens is 348 g/mol. The lowest BCUT2D eigenvalue weighted by Crippen LogP contribution is -2.32. The maximum absolute atomic E-state index is 2.74. The van der Waals surface area contributed by atoms with Gasteiger partial charge in [-0.2, -0.15) is 0 Å². The van der Waals surface area contributed by atoms with Crippen molar-refractivity contribution >= 4 is 36.9 Å². The highest BCUT2D eigenvalue weighted by Gasteiger charge is 2.28. The molecule has 2 aliphatic rings. The van der Waals surface area contributed by atoms with E-state index in [2.05, 4.69) is 70.1 Å². The number of para-hydroxylation sites is 1. The van der Waals surface area contributed by atoms with E-state index >= 15 is 0 Å². The third-order valence-corrected chi connectivity index (χ3v) is 7.57. The minimum Gasteiger partial charge on any atom is -0.451 e. The molecule has 1 aromatic carbocycles. The first-order valence-electron chi connectivity index (χ1n) is 11.9. The van der Waals surface area contributed by atoms with Crippen LogP contribution in [0.2, 0.25) is 11.1 Å². The third kappa shape index (κ3) is 4.67. The molecule has 150 valence electrons. The molecule has 2 atom stereocenters.